The fraction of sp³-hybridized carbons (Fsp3) is 0.800. The van der Waals surface area contributed by atoms with Crippen LogP contribution >= 0.6 is 0 Å². The molecule has 0 aromatic carbocycles. The van der Waals surface area contributed by atoms with Crippen molar-refractivity contribution < 1.29 is 23.0 Å². The van der Waals surface area contributed by atoms with Crippen LogP contribution in [0.15, 0.2) is 0 Å². The van der Waals surface area contributed by atoms with Gasteiger partial charge in [-0.15, -0.1) is 0 Å². The molecule has 1 aliphatic rings. The number of cyclic esters (lactones) is 2. The highest BCUT2D eigenvalue weighted by Crippen LogP contribution is 2.38. The van der Waals surface area contributed by atoms with Crippen molar-refractivity contribution in [3.8, 4) is 0 Å². The second kappa shape index (κ2) is 1.59. The third-order valence-corrected chi connectivity index (χ3v) is 1.35. The first kappa shape index (κ1) is 7.24. The Labute approximate surface area is 55.9 Å². The molecule has 1 fully saturated rings. The van der Waals surface area contributed by atoms with Crippen molar-refractivity contribution in [1.82, 2.24) is 0 Å². The van der Waals surface area contributed by atoms with Crippen LogP contribution < -0.4 is 0 Å². The summed E-state index contributed by atoms with van der Waals surface area (Å²) >= 11 is 0. The molecule has 0 unspecified atom stereocenters. The second-order valence-electron chi connectivity index (χ2n) is 2.29. The average molecular weight is 152 g/mol. The summed E-state index contributed by atoms with van der Waals surface area (Å²) in [6, 6.07) is 0. The number of halogens is 2. The second-order valence-corrected chi connectivity index (χ2v) is 2.29. The fourth-order valence-corrected chi connectivity index (χ4v) is 0.516. The van der Waals surface area contributed by atoms with Gasteiger partial charge in [-0.2, -0.15) is 8.78 Å². The van der Waals surface area contributed by atoms with Crippen LogP contribution in [0.2, 0.25) is 0 Å². The van der Waals surface area contributed by atoms with Crippen molar-refractivity contribution in [1.29, 1.82) is 0 Å². The highest BCUT2D eigenvalue weighted by molar-refractivity contribution is 5.63. The molecular formula is C5H6F2O3. The number of carbonyl (C=O) groups excluding carboxylic acids is 1. The first-order chi connectivity index (χ1) is 4.35. The quantitative estimate of drug-likeness (QED) is 0.493. The van der Waals surface area contributed by atoms with Crippen molar-refractivity contribution in [2.45, 2.75) is 25.6 Å². The Morgan fingerprint density at radius 3 is 1.60 bits per heavy atom. The van der Waals surface area contributed by atoms with Crippen LogP contribution in [0.4, 0.5) is 13.6 Å². The molecule has 0 spiro atoms. The van der Waals surface area contributed by atoms with Crippen LogP contribution in [0.1, 0.15) is 13.8 Å². The molecule has 0 N–H and O–H groups in total. The number of rotatable bonds is 0. The van der Waals surface area contributed by atoms with Gasteiger partial charge in [0.1, 0.15) is 0 Å². The summed E-state index contributed by atoms with van der Waals surface area (Å²) in [4.78, 5) is 10.1. The largest absolute Gasteiger partial charge is 0.514 e. The number of alkyl halides is 2. The van der Waals surface area contributed by atoms with Crippen LogP contribution in [0, 0.1) is 0 Å². The molecule has 0 amide bonds. The molecule has 3 nitrogen and oxygen atoms in total. The van der Waals surface area contributed by atoms with E-state index in [1.165, 1.54) is 0 Å². The highest BCUT2D eigenvalue weighted by atomic mass is 19.2. The Hall–Kier alpha value is -0.870. The van der Waals surface area contributed by atoms with Gasteiger partial charge in [0.2, 0.25) is 0 Å². The molecule has 1 heterocycles. The molecular weight excluding hydrogens is 146 g/mol. The number of carbonyl (C=O) groups is 1. The van der Waals surface area contributed by atoms with Gasteiger partial charge in [-0.1, -0.05) is 0 Å². The Balaban J connectivity index is 2.88. The van der Waals surface area contributed by atoms with Gasteiger partial charge in [-0.25, -0.2) is 4.79 Å². The molecule has 5 heteroatoms. The van der Waals surface area contributed by atoms with Gasteiger partial charge in [-0.05, 0) is 0 Å². The van der Waals surface area contributed by atoms with E-state index in [0.29, 0.717) is 0 Å². The van der Waals surface area contributed by atoms with Crippen LogP contribution in [0.25, 0.3) is 0 Å². The molecule has 2 atom stereocenters. The summed E-state index contributed by atoms with van der Waals surface area (Å²) < 4.78 is 33.1. The molecule has 10 heavy (non-hydrogen) atoms. The molecule has 1 aliphatic heterocycles. The van der Waals surface area contributed by atoms with Gasteiger partial charge in [0, 0.05) is 13.8 Å². The lowest BCUT2D eigenvalue weighted by atomic mass is 10.2. The van der Waals surface area contributed by atoms with E-state index in [1.807, 2.05) is 0 Å². The minimum atomic E-state index is -2.68. The smallest absolute Gasteiger partial charge is 0.390 e. The minimum absolute atomic E-state index is 0.790. The van der Waals surface area contributed by atoms with Gasteiger partial charge in [0.15, 0.2) is 0 Å². The van der Waals surface area contributed by atoms with E-state index < -0.39 is 17.9 Å². The standard InChI is InChI=1S/C5H6F2O3/c1-4(6)5(2,7)10-3(8)9-4/h1-2H3/t4-,5+. The third kappa shape index (κ3) is 0.815. The fourth-order valence-electron chi connectivity index (χ4n) is 0.516. The molecule has 58 valence electrons. The molecule has 0 radical (unpaired) electrons. The SMILES string of the molecule is C[C@]1(F)OC(=O)O[C@@]1(C)F. The minimum Gasteiger partial charge on any atom is -0.390 e. The van der Waals surface area contributed by atoms with Gasteiger partial charge in [-0.3, -0.25) is 0 Å². The van der Waals surface area contributed by atoms with Gasteiger partial charge < -0.3 is 9.47 Å². The monoisotopic (exact) mass is 152 g/mol. The zero-order chi connectivity index (χ0) is 7.99. The van der Waals surface area contributed by atoms with E-state index >= 15 is 0 Å². The molecule has 0 aromatic heterocycles. The predicted octanol–water partition coefficient (Wildman–Crippen LogP) is 1.52. The molecule has 0 aliphatic carbocycles. The first-order valence-corrected chi connectivity index (χ1v) is 2.65. The van der Waals surface area contributed by atoms with E-state index in [9.17, 15) is 13.6 Å². The van der Waals surface area contributed by atoms with Crippen molar-refractivity contribution in [3.05, 3.63) is 0 Å². The van der Waals surface area contributed by atoms with E-state index in [-0.39, 0.29) is 0 Å². The van der Waals surface area contributed by atoms with Crippen molar-refractivity contribution >= 4 is 6.16 Å². The van der Waals surface area contributed by atoms with E-state index in [0.717, 1.165) is 13.8 Å². The molecule has 0 saturated carbocycles. The normalized spacial score (nSPS) is 46.6. The predicted molar refractivity (Wildman–Crippen MR) is 26.6 cm³/mol. The zero-order valence-corrected chi connectivity index (χ0v) is 5.48. The van der Waals surface area contributed by atoms with Crippen LogP contribution in [0.5, 0.6) is 0 Å². The number of ether oxygens (including phenoxy) is 2. The van der Waals surface area contributed by atoms with Crippen LogP contribution in [-0.2, 0) is 9.47 Å². The van der Waals surface area contributed by atoms with E-state index in [2.05, 4.69) is 9.47 Å². The van der Waals surface area contributed by atoms with Gasteiger partial charge >= 0.3 is 17.9 Å². The molecule has 1 rings (SSSR count). The lowest BCUT2D eigenvalue weighted by Gasteiger charge is -2.19. The Morgan fingerprint density at radius 1 is 1.20 bits per heavy atom. The van der Waals surface area contributed by atoms with E-state index in [1.54, 1.807) is 0 Å². The Kier molecular flexibility index (Phi) is 1.15. The summed E-state index contributed by atoms with van der Waals surface area (Å²) in [5, 5.41) is 0. The summed E-state index contributed by atoms with van der Waals surface area (Å²) in [5.74, 6) is -5.35. The maximum atomic E-state index is 12.7. The summed E-state index contributed by atoms with van der Waals surface area (Å²) in [6.07, 6.45) is -1.32. The molecule has 1 saturated heterocycles. The Bertz CT molecular complexity index is 158. The highest BCUT2D eigenvalue weighted by Gasteiger charge is 2.59. The van der Waals surface area contributed by atoms with Crippen molar-refractivity contribution in [3.63, 3.8) is 0 Å². The topological polar surface area (TPSA) is 35.5 Å². The van der Waals surface area contributed by atoms with Gasteiger partial charge in [0.25, 0.3) is 0 Å². The van der Waals surface area contributed by atoms with Crippen molar-refractivity contribution in [2.24, 2.45) is 0 Å². The number of hydrogen-bond donors (Lipinski definition) is 0. The maximum Gasteiger partial charge on any atom is 0.514 e. The zero-order valence-electron chi connectivity index (χ0n) is 5.48. The number of hydrogen-bond acceptors (Lipinski definition) is 3. The lowest BCUT2D eigenvalue weighted by Crippen LogP contribution is -2.39. The van der Waals surface area contributed by atoms with Crippen LogP contribution in [0.3, 0.4) is 0 Å². The summed E-state index contributed by atoms with van der Waals surface area (Å²) in [7, 11) is 0. The molecule has 0 bridgehead atoms. The van der Waals surface area contributed by atoms with E-state index in [4.69, 9.17) is 0 Å². The maximum absolute atomic E-state index is 12.7. The average Bonchev–Trinajstić information content (AvgIpc) is 1.73. The third-order valence-electron chi connectivity index (χ3n) is 1.35. The summed E-state index contributed by atoms with van der Waals surface area (Å²) in [5.41, 5.74) is 0. The summed E-state index contributed by atoms with van der Waals surface area (Å²) in [6.45, 7) is 1.58. The van der Waals surface area contributed by atoms with Crippen LogP contribution in [-0.4, -0.2) is 17.9 Å². The first-order valence-electron chi connectivity index (χ1n) is 2.65. The Morgan fingerprint density at radius 2 is 1.50 bits per heavy atom. The lowest BCUT2D eigenvalue weighted by molar-refractivity contribution is -0.191. The van der Waals surface area contributed by atoms with Crippen molar-refractivity contribution in [2.75, 3.05) is 0 Å². The van der Waals surface area contributed by atoms with Gasteiger partial charge in [0.05, 0.1) is 0 Å². The molecule has 0 aromatic rings.